The molecule has 2 aliphatic rings. The van der Waals surface area contributed by atoms with Crippen LogP contribution in [0.2, 0.25) is 0 Å². The Kier molecular flexibility index (Phi) is 4.00. The normalized spacial score (nSPS) is 44.7. The standard InChI is InChI=1S/C15H26O3/c1-8(2)13-11-6-10(4)15(16)18-14(11)9(3)7-12(13)17-5/h8-14H,6-7H2,1-5H3. The molecule has 3 heteroatoms. The quantitative estimate of drug-likeness (QED) is 0.711. The molecule has 0 N–H and O–H groups in total. The summed E-state index contributed by atoms with van der Waals surface area (Å²) in [5.74, 6) is 1.97. The van der Waals surface area contributed by atoms with Gasteiger partial charge in [0, 0.05) is 13.0 Å². The van der Waals surface area contributed by atoms with E-state index in [1.165, 1.54) is 0 Å². The summed E-state index contributed by atoms with van der Waals surface area (Å²) in [5, 5.41) is 0. The molecule has 1 aliphatic heterocycles. The fraction of sp³-hybridized carbons (Fsp3) is 0.933. The molecule has 0 aromatic rings. The van der Waals surface area contributed by atoms with Crippen molar-refractivity contribution in [3.8, 4) is 0 Å². The monoisotopic (exact) mass is 254 g/mol. The predicted molar refractivity (Wildman–Crippen MR) is 70.1 cm³/mol. The third-order valence-corrected chi connectivity index (χ3v) is 4.86. The number of hydrogen-bond donors (Lipinski definition) is 0. The van der Waals surface area contributed by atoms with Gasteiger partial charge in [-0.25, -0.2) is 0 Å². The average Bonchev–Trinajstić information content (AvgIpc) is 2.30. The van der Waals surface area contributed by atoms with Gasteiger partial charge in [-0.3, -0.25) is 4.79 Å². The van der Waals surface area contributed by atoms with Crippen molar-refractivity contribution in [2.45, 2.75) is 52.7 Å². The summed E-state index contributed by atoms with van der Waals surface area (Å²) in [7, 11) is 1.81. The second kappa shape index (κ2) is 5.20. The van der Waals surface area contributed by atoms with E-state index in [1.807, 2.05) is 14.0 Å². The highest BCUT2D eigenvalue weighted by atomic mass is 16.5. The third-order valence-electron chi connectivity index (χ3n) is 4.86. The molecule has 0 radical (unpaired) electrons. The van der Waals surface area contributed by atoms with Gasteiger partial charge in [0.1, 0.15) is 6.10 Å². The molecule has 0 amide bonds. The molecule has 2 fully saturated rings. The number of fused-ring (bicyclic) bond motifs is 1. The number of methoxy groups -OCH3 is 1. The van der Waals surface area contributed by atoms with E-state index >= 15 is 0 Å². The SMILES string of the molecule is COC1CC(C)C2OC(=O)C(C)CC2C1C(C)C. The summed E-state index contributed by atoms with van der Waals surface area (Å²) in [6.45, 7) is 8.68. The van der Waals surface area contributed by atoms with Gasteiger partial charge in [-0.2, -0.15) is 0 Å². The summed E-state index contributed by atoms with van der Waals surface area (Å²) in [6, 6.07) is 0. The summed E-state index contributed by atoms with van der Waals surface area (Å²) >= 11 is 0. The lowest BCUT2D eigenvalue weighted by Crippen LogP contribution is -2.53. The summed E-state index contributed by atoms with van der Waals surface area (Å²) in [4.78, 5) is 11.8. The minimum Gasteiger partial charge on any atom is -0.462 e. The van der Waals surface area contributed by atoms with Crippen LogP contribution in [0.4, 0.5) is 0 Å². The zero-order chi connectivity index (χ0) is 13.4. The van der Waals surface area contributed by atoms with Gasteiger partial charge in [0.2, 0.25) is 0 Å². The molecule has 6 unspecified atom stereocenters. The first kappa shape index (κ1) is 13.9. The summed E-state index contributed by atoms with van der Waals surface area (Å²) < 4.78 is 11.4. The first-order chi connectivity index (χ1) is 8.45. The van der Waals surface area contributed by atoms with Crippen LogP contribution in [-0.4, -0.2) is 25.3 Å². The molecular weight excluding hydrogens is 228 g/mol. The highest BCUT2D eigenvalue weighted by Gasteiger charge is 2.49. The van der Waals surface area contributed by atoms with Crippen molar-refractivity contribution < 1.29 is 14.3 Å². The van der Waals surface area contributed by atoms with Crippen molar-refractivity contribution in [1.29, 1.82) is 0 Å². The Morgan fingerprint density at radius 2 is 1.94 bits per heavy atom. The Morgan fingerprint density at radius 1 is 1.28 bits per heavy atom. The second-order valence-corrected chi connectivity index (χ2v) is 6.51. The van der Waals surface area contributed by atoms with Crippen molar-refractivity contribution in [3.05, 3.63) is 0 Å². The van der Waals surface area contributed by atoms with Crippen LogP contribution in [0.5, 0.6) is 0 Å². The van der Waals surface area contributed by atoms with E-state index in [1.54, 1.807) is 0 Å². The topological polar surface area (TPSA) is 35.5 Å². The van der Waals surface area contributed by atoms with E-state index in [9.17, 15) is 4.79 Å². The van der Waals surface area contributed by atoms with E-state index in [2.05, 4.69) is 20.8 Å². The summed E-state index contributed by atoms with van der Waals surface area (Å²) in [6.07, 6.45) is 2.37. The van der Waals surface area contributed by atoms with Crippen molar-refractivity contribution >= 4 is 5.97 Å². The number of carbonyl (C=O) groups excluding carboxylic acids is 1. The van der Waals surface area contributed by atoms with Gasteiger partial charge < -0.3 is 9.47 Å². The van der Waals surface area contributed by atoms with Crippen LogP contribution < -0.4 is 0 Å². The Hall–Kier alpha value is -0.570. The Labute approximate surface area is 110 Å². The van der Waals surface area contributed by atoms with E-state index in [4.69, 9.17) is 9.47 Å². The molecule has 1 saturated carbocycles. The molecule has 1 saturated heterocycles. The lowest BCUT2D eigenvalue weighted by atomic mass is 9.63. The van der Waals surface area contributed by atoms with Crippen LogP contribution in [0, 0.1) is 29.6 Å². The molecule has 6 atom stereocenters. The number of esters is 1. The van der Waals surface area contributed by atoms with E-state index < -0.39 is 0 Å². The van der Waals surface area contributed by atoms with Gasteiger partial charge in [-0.05, 0) is 30.6 Å². The molecule has 2 rings (SSSR count). The van der Waals surface area contributed by atoms with Crippen LogP contribution >= 0.6 is 0 Å². The summed E-state index contributed by atoms with van der Waals surface area (Å²) in [5.41, 5.74) is 0. The van der Waals surface area contributed by atoms with Gasteiger partial charge in [0.15, 0.2) is 0 Å². The largest absolute Gasteiger partial charge is 0.462 e. The fourth-order valence-electron chi connectivity index (χ4n) is 4.00. The number of hydrogen-bond acceptors (Lipinski definition) is 3. The number of ether oxygens (including phenoxy) is 2. The lowest BCUT2D eigenvalue weighted by Gasteiger charge is -2.50. The maximum absolute atomic E-state index is 11.8. The minimum atomic E-state index is -0.0125. The smallest absolute Gasteiger partial charge is 0.308 e. The molecule has 1 aliphatic carbocycles. The van der Waals surface area contributed by atoms with Crippen LogP contribution in [0.25, 0.3) is 0 Å². The molecule has 3 nitrogen and oxygen atoms in total. The van der Waals surface area contributed by atoms with E-state index in [0.29, 0.717) is 29.8 Å². The highest BCUT2D eigenvalue weighted by Crippen LogP contribution is 2.46. The Balaban J connectivity index is 2.24. The molecule has 0 aromatic carbocycles. The van der Waals surface area contributed by atoms with Gasteiger partial charge in [-0.1, -0.05) is 27.7 Å². The molecule has 0 aromatic heterocycles. The van der Waals surface area contributed by atoms with Crippen molar-refractivity contribution in [3.63, 3.8) is 0 Å². The molecule has 0 spiro atoms. The number of rotatable bonds is 2. The molecule has 104 valence electrons. The zero-order valence-electron chi connectivity index (χ0n) is 12.2. The van der Waals surface area contributed by atoms with Crippen molar-refractivity contribution in [2.75, 3.05) is 7.11 Å². The van der Waals surface area contributed by atoms with Crippen LogP contribution in [0.1, 0.15) is 40.5 Å². The Bertz CT molecular complexity index is 313. The first-order valence-corrected chi connectivity index (χ1v) is 7.19. The van der Waals surface area contributed by atoms with Gasteiger partial charge in [0.25, 0.3) is 0 Å². The minimum absolute atomic E-state index is 0.0125. The molecule has 1 heterocycles. The first-order valence-electron chi connectivity index (χ1n) is 7.19. The van der Waals surface area contributed by atoms with Gasteiger partial charge in [0.05, 0.1) is 12.0 Å². The molecule has 18 heavy (non-hydrogen) atoms. The molecular formula is C15H26O3. The van der Waals surface area contributed by atoms with Crippen LogP contribution in [0.3, 0.4) is 0 Å². The fourth-order valence-corrected chi connectivity index (χ4v) is 4.00. The lowest BCUT2D eigenvalue weighted by molar-refractivity contribution is -0.188. The predicted octanol–water partition coefficient (Wildman–Crippen LogP) is 2.88. The average molecular weight is 254 g/mol. The third kappa shape index (κ3) is 2.29. The maximum Gasteiger partial charge on any atom is 0.308 e. The second-order valence-electron chi connectivity index (χ2n) is 6.51. The van der Waals surface area contributed by atoms with Crippen molar-refractivity contribution in [1.82, 2.24) is 0 Å². The van der Waals surface area contributed by atoms with Crippen LogP contribution in [0.15, 0.2) is 0 Å². The zero-order valence-corrected chi connectivity index (χ0v) is 12.2. The van der Waals surface area contributed by atoms with Crippen LogP contribution in [-0.2, 0) is 14.3 Å². The Morgan fingerprint density at radius 3 is 2.50 bits per heavy atom. The van der Waals surface area contributed by atoms with E-state index in [0.717, 1.165) is 12.8 Å². The molecule has 0 bridgehead atoms. The van der Waals surface area contributed by atoms with E-state index in [-0.39, 0.29) is 18.0 Å². The van der Waals surface area contributed by atoms with Gasteiger partial charge >= 0.3 is 5.97 Å². The van der Waals surface area contributed by atoms with Gasteiger partial charge in [-0.15, -0.1) is 0 Å². The van der Waals surface area contributed by atoms with Crippen molar-refractivity contribution in [2.24, 2.45) is 29.6 Å². The maximum atomic E-state index is 11.8. The number of carbonyl (C=O) groups is 1. The highest BCUT2D eigenvalue weighted by molar-refractivity contribution is 5.73.